The molecule has 0 aromatic heterocycles. The number of β-amino-alcohol motifs (C(OH)–C–C–N with tert-alkyl or cyclic N) is 1. The maximum absolute atomic E-state index is 11.8. The van der Waals surface area contributed by atoms with Gasteiger partial charge in [-0.05, 0) is 50.4 Å². The molecule has 21 heavy (non-hydrogen) atoms. The molecule has 2 unspecified atom stereocenters. The van der Waals surface area contributed by atoms with E-state index in [0.29, 0.717) is 11.5 Å². The highest BCUT2D eigenvalue weighted by Gasteiger charge is 2.24. The third-order valence-corrected chi connectivity index (χ3v) is 3.94. The lowest BCUT2D eigenvalue weighted by atomic mass is 9.96. The average Bonchev–Trinajstić information content (AvgIpc) is 2.43. The molecule has 0 bridgehead atoms. The molecule has 1 saturated heterocycles. The van der Waals surface area contributed by atoms with Crippen LogP contribution >= 0.6 is 0 Å². The number of hydrogen-bond donors (Lipinski definition) is 1. The number of esters is 1. The summed E-state index contributed by atoms with van der Waals surface area (Å²) in [6, 6.07) is 7.54. The molecule has 1 fully saturated rings. The SMILES string of the molecule is CC(C)OC(=O)c1ccc(CN2CCC(C)C(O)C2)cc1. The van der Waals surface area contributed by atoms with Crippen molar-refractivity contribution in [3.63, 3.8) is 0 Å². The van der Waals surface area contributed by atoms with E-state index in [-0.39, 0.29) is 18.2 Å². The van der Waals surface area contributed by atoms with E-state index in [2.05, 4.69) is 11.8 Å². The van der Waals surface area contributed by atoms with Gasteiger partial charge in [-0.3, -0.25) is 4.90 Å². The van der Waals surface area contributed by atoms with Gasteiger partial charge >= 0.3 is 5.97 Å². The van der Waals surface area contributed by atoms with Gasteiger partial charge in [-0.2, -0.15) is 0 Å². The van der Waals surface area contributed by atoms with Crippen LogP contribution in [0, 0.1) is 5.92 Å². The maximum Gasteiger partial charge on any atom is 0.338 e. The highest BCUT2D eigenvalue weighted by atomic mass is 16.5. The van der Waals surface area contributed by atoms with Gasteiger partial charge in [0.1, 0.15) is 0 Å². The number of likely N-dealkylation sites (tertiary alicyclic amines) is 1. The topological polar surface area (TPSA) is 49.8 Å². The smallest absolute Gasteiger partial charge is 0.338 e. The molecule has 0 aliphatic carbocycles. The first-order chi connectivity index (χ1) is 9.95. The molecule has 1 aromatic rings. The molecule has 1 aliphatic rings. The van der Waals surface area contributed by atoms with Gasteiger partial charge in [0.25, 0.3) is 0 Å². The molecule has 0 amide bonds. The fraction of sp³-hybridized carbons (Fsp3) is 0.588. The van der Waals surface area contributed by atoms with Crippen LogP contribution in [0.3, 0.4) is 0 Å². The van der Waals surface area contributed by atoms with E-state index in [1.54, 1.807) is 0 Å². The average molecular weight is 291 g/mol. The molecule has 1 aromatic carbocycles. The summed E-state index contributed by atoms with van der Waals surface area (Å²) in [6.07, 6.45) is 0.688. The second-order valence-corrected chi connectivity index (χ2v) is 6.22. The van der Waals surface area contributed by atoms with E-state index in [0.717, 1.165) is 31.6 Å². The van der Waals surface area contributed by atoms with E-state index >= 15 is 0 Å². The number of aliphatic hydroxyl groups excluding tert-OH is 1. The van der Waals surface area contributed by atoms with Crippen molar-refractivity contribution in [1.82, 2.24) is 4.90 Å². The van der Waals surface area contributed by atoms with E-state index in [9.17, 15) is 9.90 Å². The lowest BCUT2D eigenvalue weighted by molar-refractivity contribution is 0.0259. The standard InChI is InChI=1S/C17H25NO3/c1-12(2)21-17(20)15-6-4-14(5-7-15)10-18-9-8-13(3)16(19)11-18/h4-7,12-13,16,19H,8-11H2,1-3H3. The van der Waals surface area contributed by atoms with Crippen LogP contribution < -0.4 is 0 Å². The van der Waals surface area contributed by atoms with Crippen molar-refractivity contribution in [1.29, 1.82) is 0 Å². The molecule has 1 aliphatic heterocycles. The number of ether oxygens (including phenoxy) is 1. The van der Waals surface area contributed by atoms with Gasteiger partial charge in [-0.25, -0.2) is 4.79 Å². The largest absolute Gasteiger partial charge is 0.459 e. The number of carbonyl (C=O) groups excluding carboxylic acids is 1. The predicted octanol–water partition coefficient (Wildman–Crippen LogP) is 2.45. The number of piperidine rings is 1. The third kappa shape index (κ3) is 4.55. The summed E-state index contributed by atoms with van der Waals surface area (Å²) < 4.78 is 5.17. The van der Waals surface area contributed by atoms with Crippen LogP contribution in [-0.2, 0) is 11.3 Å². The second-order valence-electron chi connectivity index (χ2n) is 6.22. The molecule has 0 radical (unpaired) electrons. The summed E-state index contributed by atoms with van der Waals surface area (Å²) in [6.45, 7) is 8.32. The van der Waals surface area contributed by atoms with Gasteiger partial charge in [0.15, 0.2) is 0 Å². The summed E-state index contributed by atoms with van der Waals surface area (Å²) in [5.41, 5.74) is 1.73. The molecule has 0 saturated carbocycles. The Labute approximate surface area is 126 Å². The van der Waals surface area contributed by atoms with Crippen LogP contribution in [-0.4, -0.2) is 41.3 Å². The van der Waals surface area contributed by atoms with Crippen molar-refractivity contribution in [2.24, 2.45) is 5.92 Å². The van der Waals surface area contributed by atoms with Crippen LogP contribution in [0.15, 0.2) is 24.3 Å². The van der Waals surface area contributed by atoms with E-state index in [1.165, 1.54) is 0 Å². The monoisotopic (exact) mass is 291 g/mol. The zero-order valence-corrected chi connectivity index (χ0v) is 13.1. The first-order valence-corrected chi connectivity index (χ1v) is 7.66. The lowest BCUT2D eigenvalue weighted by Crippen LogP contribution is -2.42. The zero-order chi connectivity index (χ0) is 15.4. The number of benzene rings is 1. The molecule has 0 spiro atoms. The van der Waals surface area contributed by atoms with Crippen molar-refractivity contribution < 1.29 is 14.6 Å². The number of hydrogen-bond acceptors (Lipinski definition) is 4. The Hall–Kier alpha value is -1.39. The molecule has 4 nitrogen and oxygen atoms in total. The Bertz CT molecular complexity index is 469. The van der Waals surface area contributed by atoms with E-state index in [4.69, 9.17) is 4.74 Å². The van der Waals surface area contributed by atoms with Crippen molar-refractivity contribution in [2.75, 3.05) is 13.1 Å². The zero-order valence-electron chi connectivity index (χ0n) is 13.1. The first-order valence-electron chi connectivity index (χ1n) is 7.66. The Morgan fingerprint density at radius 1 is 1.38 bits per heavy atom. The van der Waals surface area contributed by atoms with Gasteiger partial charge in [0.2, 0.25) is 0 Å². The van der Waals surface area contributed by atoms with Crippen molar-refractivity contribution >= 4 is 5.97 Å². The second kappa shape index (κ2) is 7.05. The first kappa shape index (κ1) is 16.0. The molecule has 1 N–H and O–H groups in total. The molecular weight excluding hydrogens is 266 g/mol. The molecule has 4 heteroatoms. The minimum Gasteiger partial charge on any atom is -0.459 e. The fourth-order valence-electron chi connectivity index (χ4n) is 2.54. The quantitative estimate of drug-likeness (QED) is 0.866. The fourth-order valence-corrected chi connectivity index (χ4v) is 2.54. The number of nitrogens with zero attached hydrogens (tertiary/aromatic N) is 1. The Morgan fingerprint density at radius 2 is 2.05 bits per heavy atom. The van der Waals surface area contributed by atoms with Crippen LogP contribution in [0.4, 0.5) is 0 Å². The highest BCUT2D eigenvalue weighted by Crippen LogP contribution is 2.19. The molecule has 2 atom stereocenters. The maximum atomic E-state index is 11.8. The molecule has 2 rings (SSSR count). The Morgan fingerprint density at radius 3 is 2.62 bits per heavy atom. The minimum absolute atomic E-state index is 0.103. The molecular formula is C17H25NO3. The van der Waals surface area contributed by atoms with Crippen LogP contribution in [0.5, 0.6) is 0 Å². The van der Waals surface area contributed by atoms with Crippen molar-refractivity contribution in [3.05, 3.63) is 35.4 Å². The van der Waals surface area contributed by atoms with E-state index < -0.39 is 0 Å². The van der Waals surface area contributed by atoms with Gasteiger partial charge in [-0.1, -0.05) is 19.1 Å². The summed E-state index contributed by atoms with van der Waals surface area (Å²) >= 11 is 0. The van der Waals surface area contributed by atoms with Gasteiger partial charge in [0.05, 0.1) is 17.8 Å². The van der Waals surface area contributed by atoms with Crippen LogP contribution in [0.2, 0.25) is 0 Å². The Balaban J connectivity index is 1.92. The van der Waals surface area contributed by atoms with Crippen molar-refractivity contribution in [2.45, 2.75) is 45.9 Å². The summed E-state index contributed by atoms with van der Waals surface area (Å²) in [5, 5.41) is 9.92. The number of aliphatic hydroxyl groups is 1. The van der Waals surface area contributed by atoms with Crippen LogP contribution in [0.1, 0.15) is 43.1 Å². The lowest BCUT2D eigenvalue weighted by Gasteiger charge is -2.34. The van der Waals surface area contributed by atoms with Gasteiger partial charge in [0, 0.05) is 13.1 Å². The van der Waals surface area contributed by atoms with E-state index in [1.807, 2.05) is 38.1 Å². The van der Waals surface area contributed by atoms with Gasteiger partial charge < -0.3 is 9.84 Å². The summed E-state index contributed by atoms with van der Waals surface area (Å²) in [4.78, 5) is 14.0. The Kier molecular flexibility index (Phi) is 5.37. The van der Waals surface area contributed by atoms with Crippen LogP contribution in [0.25, 0.3) is 0 Å². The molecule has 1 heterocycles. The predicted molar refractivity (Wildman–Crippen MR) is 82.1 cm³/mol. The number of carbonyl (C=O) groups is 1. The highest BCUT2D eigenvalue weighted by molar-refractivity contribution is 5.89. The van der Waals surface area contributed by atoms with Crippen molar-refractivity contribution in [3.8, 4) is 0 Å². The van der Waals surface area contributed by atoms with Gasteiger partial charge in [-0.15, -0.1) is 0 Å². The summed E-state index contributed by atoms with van der Waals surface area (Å²) in [5.74, 6) is 0.105. The molecule has 116 valence electrons. The normalized spacial score (nSPS) is 23.3. The summed E-state index contributed by atoms with van der Waals surface area (Å²) in [7, 11) is 0. The number of rotatable bonds is 4. The third-order valence-electron chi connectivity index (χ3n) is 3.94. The minimum atomic E-state index is -0.279.